The first-order valence-electron chi connectivity index (χ1n) is 7.82. The van der Waals surface area contributed by atoms with Crippen LogP contribution in [-0.4, -0.2) is 47.9 Å². The molecular weight excluding hydrogens is 286 g/mol. The van der Waals surface area contributed by atoms with E-state index in [0.29, 0.717) is 12.8 Å². The smallest absolute Gasteiger partial charge is 0.434 e. The third-order valence-corrected chi connectivity index (χ3v) is 4.53. The molecule has 0 saturated carbocycles. The molecule has 1 rings (SSSR count). The largest absolute Gasteiger partial charge is 0.508 e. The Morgan fingerprint density at radius 1 is 1.09 bits per heavy atom. The van der Waals surface area contributed by atoms with Gasteiger partial charge in [0.05, 0.1) is 13.0 Å². The summed E-state index contributed by atoms with van der Waals surface area (Å²) in [5.74, 6) is -1.08. The van der Waals surface area contributed by atoms with Crippen molar-refractivity contribution in [3.8, 4) is 0 Å². The molecular formula is C16H28NO5. The number of likely N-dealkylation sites (tertiary alicyclic amines) is 1. The summed E-state index contributed by atoms with van der Waals surface area (Å²) in [6.07, 6.45) is 1.58. The maximum absolute atomic E-state index is 11.7. The fourth-order valence-electron chi connectivity index (χ4n) is 3.06. The molecule has 1 radical (unpaired) electrons. The third kappa shape index (κ3) is 5.48. The molecule has 0 N–H and O–H groups in total. The number of nitrogens with zero attached hydrogens (tertiary/aromatic N) is 1. The molecule has 0 bridgehead atoms. The fraction of sp³-hybridized carbons (Fsp3) is 0.875. The lowest BCUT2D eigenvalue weighted by molar-refractivity contribution is -0.143. The summed E-state index contributed by atoms with van der Waals surface area (Å²) in [6, 6.07) is 0. The van der Waals surface area contributed by atoms with E-state index in [0.717, 1.165) is 12.8 Å². The Morgan fingerprint density at radius 3 is 2.14 bits per heavy atom. The molecule has 0 spiro atoms. The molecule has 1 fully saturated rings. The van der Waals surface area contributed by atoms with Crippen LogP contribution in [0.15, 0.2) is 0 Å². The SMILES string of the molecule is CN1C(C)(C)CC(OC(=O)OCCCCC([O])=O)CC1(C)C. The van der Waals surface area contributed by atoms with Gasteiger partial charge < -0.3 is 9.47 Å². The van der Waals surface area contributed by atoms with Gasteiger partial charge in [-0.2, -0.15) is 0 Å². The van der Waals surface area contributed by atoms with E-state index in [4.69, 9.17) is 9.47 Å². The number of rotatable bonds is 6. The summed E-state index contributed by atoms with van der Waals surface area (Å²) in [5, 5.41) is 10.3. The van der Waals surface area contributed by atoms with E-state index in [1.54, 1.807) is 0 Å². The van der Waals surface area contributed by atoms with Gasteiger partial charge in [0.1, 0.15) is 6.10 Å². The van der Waals surface area contributed by atoms with Crippen LogP contribution in [0.5, 0.6) is 0 Å². The van der Waals surface area contributed by atoms with Crippen LogP contribution in [0.25, 0.3) is 0 Å². The second kappa shape index (κ2) is 7.31. The van der Waals surface area contributed by atoms with Crippen LogP contribution >= 0.6 is 0 Å². The molecule has 6 nitrogen and oxygen atoms in total. The minimum absolute atomic E-state index is 0.0181. The summed E-state index contributed by atoms with van der Waals surface area (Å²) in [4.78, 5) is 24.3. The number of hydrogen-bond acceptors (Lipinski definition) is 5. The topological polar surface area (TPSA) is 75.7 Å². The average Bonchev–Trinajstić information content (AvgIpc) is 2.34. The van der Waals surface area contributed by atoms with Gasteiger partial charge in [0.25, 0.3) is 0 Å². The van der Waals surface area contributed by atoms with Crippen LogP contribution in [0.4, 0.5) is 4.79 Å². The van der Waals surface area contributed by atoms with Gasteiger partial charge in [0, 0.05) is 23.9 Å². The first-order valence-corrected chi connectivity index (χ1v) is 7.82. The van der Waals surface area contributed by atoms with Gasteiger partial charge in [0.15, 0.2) is 0 Å². The molecule has 6 heteroatoms. The summed E-state index contributed by atoms with van der Waals surface area (Å²) >= 11 is 0. The second-order valence-corrected chi connectivity index (χ2v) is 7.26. The quantitative estimate of drug-likeness (QED) is 0.556. The number of carbonyl (C=O) groups is 2. The van der Waals surface area contributed by atoms with Gasteiger partial charge >= 0.3 is 12.1 Å². The monoisotopic (exact) mass is 314 g/mol. The van der Waals surface area contributed by atoms with E-state index in [9.17, 15) is 14.7 Å². The van der Waals surface area contributed by atoms with E-state index in [2.05, 4.69) is 39.6 Å². The fourth-order valence-corrected chi connectivity index (χ4v) is 3.06. The molecule has 0 aromatic carbocycles. The zero-order valence-electron chi connectivity index (χ0n) is 14.3. The summed E-state index contributed by atoms with van der Waals surface area (Å²) in [5.41, 5.74) is -0.109. The lowest BCUT2D eigenvalue weighted by Gasteiger charge is -2.52. The molecule has 0 aliphatic carbocycles. The first kappa shape index (κ1) is 18.7. The van der Waals surface area contributed by atoms with Crippen LogP contribution < -0.4 is 0 Å². The summed E-state index contributed by atoms with van der Waals surface area (Å²) in [7, 11) is 2.09. The molecule has 0 atom stereocenters. The molecule has 1 saturated heterocycles. The number of hydrogen-bond donors (Lipinski definition) is 0. The van der Waals surface area contributed by atoms with Crippen molar-refractivity contribution >= 4 is 12.1 Å². The Hall–Kier alpha value is -1.30. The van der Waals surface area contributed by atoms with Crippen molar-refractivity contribution in [3.63, 3.8) is 0 Å². The normalized spacial score (nSPS) is 21.3. The van der Waals surface area contributed by atoms with Crippen molar-refractivity contribution in [3.05, 3.63) is 0 Å². The molecule has 0 amide bonds. The summed E-state index contributed by atoms with van der Waals surface area (Å²) in [6.45, 7) is 8.71. The van der Waals surface area contributed by atoms with Crippen LogP contribution in [0, 0.1) is 0 Å². The van der Waals surface area contributed by atoms with Crippen molar-refractivity contribution in [1.82, 2.24) is 4.90 Å². The molecule has 1 aliphatic heterocycles. The molecule has 22 heavy (non-hydrogen) atoms. The minimum Gasteiger partial charge on any atom is -0.434 e. The minimum atomic E-state index is -1.08. The number of ether oxygens (including phenoxy) is 2. The lowest BCUT2D eigenvalue weighted by atomic mass is 9.79. The van der Waals surface area contributed by atoms with Crippen molar-refractivity contribution in [2.24, 2.45) is 0 Å². The van der Waals surface area contributed by atoms with Gasteiger partial charge in [-0.05, 0) is 47.6 Å². The zero-order chi connectivity index (χ0) is 17.0. The van der Waals surface area contributed by atoms with E-state index >= 15 is 0 Å². The predicted molar refractivity (Wildman–Crippen MR) is 80.9 cm³/mol. The molecule has 1 aliphatic rings. The van der Waals surface area contributed by atoms with Gasteiger partial charge in [-0.25, -0.2) is 14.7 Å². The highest BCUT2D eigenvalue weighted by Crippen LogP contribution is 2.38. The highest BCUT2D eigenvalue weighted by atomic mass is 16.7. The molecule has 0 aromatic heterocycles. The van der Waals surface area contributed by atoms with Gasteiger partial charge in [-0.1, -0.05) is 0 Å². The van der Waals surface area contributed by atoms with Crippen LogP contribution in [-0.2, 0) is 19.4 Å². The number of piperidine rings is 1. The Morgan fingerprint density at radius 2 is 1.64 bits per heavy atom. The van der Waals surface area contributed by atoms with E-state index < -0.39 is 12.1 Å². The maximum Gasteiger partial charge on any atom is 0.508 e. The maximum atomic E-state index is 11.7. The van der Waals surface area contributed by atoms with Crippen molar-refractivity contribution in [2.45, 2.75) is 77.0 Å². The highest BCUT2D eigenvalue weighted by Gasteiger charge is 2.44. The molecule has 0 aromatic rings. The second-order valence-electron chi connectivity index (χ2n) is 7.26. The Balaban J connectivity index is 2.37. The molecule has 1 heterocycles. The highest BCUT2D eigenvalue weighted by molar-refractivity contribution is 5.66. The zero-order valence-corrected chi connectivity index (χ0v) is 14.3. The van der Waals surface area contributed by atoms with Gasteiger partial charge in [0.2, 0.25) is 0 Å². The van der Waals surface area contributed by atoms with Crippen LogP contribution in [0.1, 0.15) is 59.8 Å². The van der Waals surface area contributed by atoms with Crippen molar-refractivity contribution < 1.29 is 24.2 Å². The average molecular weight is 314 g/mol. The van der Waals surface area contributed by atoms with E-state index in [1.807, 2.05) is 0 Å². The predicted octanol–water partition coefficient (Wildman–Crippen LogP) is 2.92. The summed E-state index contributed by atoms with van der Waals surface area (Å²) < 4.78 is 10.4. The Bertz CT molecular complexity index is 387. The Labute approximate surface area is 132 Å². The van der Waals surface area contributed by atoms with Crippen molar-refractivity contribution in [1.29, 1.82) is 0 Å². The van der Waals surface area contributed by atoms with Gasteiger partial charge in [-0.15, -0.1) is 0 Å². The van der Waals surface area contributed by atoms with Crippen LogP contribution in [0.3, 0.4) is 0 Å². The Kier molecular flexibility index (Phi) is 6.23. The molecule has 0 unspecified atom stereocenters. The first-order chi connectivity index (χ1) is 10.0. The van der Waals surface area contributed by atoms with Gasteiger partial charge in [-0.3, -0.25) is 4.90 Å². The third-order valence-electron chi connectivity index (χ3n) is 4.53. The standard InChI is InChI=1S/C16H28NO5/c1-15(2)10-12(11-16(3,4)17(15)5)22-14(20)21-9-7-6-8-13(18)19/h12H,6-11H2,1-5H3. The van der Waals surface area contributed by atoms with E-state index in [-0.39, 0.29) is 30.2 Å². The lowest BCUT2D eigenvalue weighted by Crippen LogP contribution is -2.60. The number of carbonyl (C=O) groups excluding carboxylic acids is 2. The molecule has 127 valence electrons. The van der Waals surface area contributed by atoms with Crippen molar-refractivity contribution in [2.75, 3.05) is 13.7 Å². The van der Waals surface area contributed by atoms with E-state index in [1.165, 1.54) is 0 Å². The number of unbranched alkanes of at least 4 members (excludes halogenated alkanes) is 1. The van der Waals surface area contributed by atoms with Crippen LogP contribution in [0.2, 0.25) is 0 Å².